The molecule has 2 heterocycles. The predicted molar refractivity (Wildman–Crippen MR) is 268 cm³/mol. The number of carbonyl (C=O) groups is 11. The number of hydrogen-bond acceptors (Lipinski definition) is 25. The van der Waals surface area contributed by atoms with Crippen LogP contribution in [-0.2, 0) is 105 Å². The Hall–Kier alpha value is -9.07. The number of hydrogen-bond donors (Lipinski definition) is 0. The van der Waals surface area contributed by atoms with Crippen LogP contribution in [0.2, 0.25) is 0 Å². The Balaban J connectivity index is 1.64. The molecule has 2 aliphatic heterocycles. The fourth-order valence-corrected chi connectivity index (χ4v) is 7.70. The van der Waals surface area contributed by atoms with Gasteiger partial charge in [-0.15, -0.1) is 0 Å². The number of benzene rings is 3. The van der Waals surface area contributed by atoms with E-state index in [1.165, 1.54) is 112 Å². The Labute approximate surface area is 456 Å². The van der Waals surface area contributed by atoms with Crippen molar-refractivity contribution in [3.63, 3.8) is 0 Å². The van der Waals surface area contributed by atoms with Crippen LogP contribution >= 0.6 is 0 Å². The van der Waals surface area contributed by atoms with Gasteiger partial charge in [-0.3, -0.25) is 38.4 Å². The van der Waals surface area contributed by atoms with Crippen LogP contribution < -0.4 is 14.2 Å². The Morgan fingerprint density at radius 3 is 1.23 bits per heavy atom. The van der Waals surface area contributed by atoms with E-state index in [1.54, 1.807) is 0 Å². The maximum absolute atomic E-state index is 14.1. The van der Waals surface area contributed by atoms with Crippen molar-refractivity contribution in [1.82, 2.24) is 0 Å². The molecule has 0 amide bonds. The molecule has 0 radical (unpaired) electrons. The molecule has 0 aromatic heterocycles. The van der Waals surface area contributed by atoms with E-state index >= 15 is 0 Å². The highest BCUT2D eigenvalue weighted by Crippen LogP contribution is 2.42. The Morgan fingerprint density at radius 2 is 0.800 bits per heavy atom. The van der Waals surface area contributed by atoms with E-state index in [2.05, 4.69) is 0 Å². The SMILES string of the molecule is CC(=O)OC[C@H]1O[C@H](O[C@]2(COC(=O)C=Cc3ccc(OC(C)=O)cc3)O[C@H](COC(=O)C=Cc3ccc(OC(C)=O)cc3)[C@@H](OC(C)=O)[C@@H]2OC(=O)C=Cc2ccc(OC(C)=O)cc2)[C@H](OC(C)=O)[C@@H](OC(C)=O)[C@H]1OC(C)=O. The molecule has 0 N–H and O–H groups in total. The van der Waals surface area contributed by atoms with E-state index in [1.807, 2.05) is 0 Å². The third-order valence-electron chi connectivity index (χ3n) is 10.7. The summed E-state index contributed by atoms with van der Waals surface area (Å²) in [7, 11) is 0. The lowest BCUT2D eigenvalue weighted by Crippen LogP contribution is -2.65. The summed E-state index contributed by atoms with van der Waals surface area (Å²) < 4.78 is 79.3. The zero-order valence-electron chi connectivity index (χ0n) is 44.3. The quantitative estimate of drug-likeness (QED) is 0.0593. The molecule has 25 nitrogen and oxygen atoms in total. The molecular weight excluding hydrogens is 1060 g/mol. The number of rotatable bonds is 22. The number of carbonyl (C=O) groups excluding carboxylic acids is 11. The summed E-state index contributed by atoms with van der Waals surface area (Å²) in [5.74, 6) is -12.2. The van der Waals surface area contributed by atoms with Gasteiger partial charge in [0.2, 0.25) is 12.1 Å². The molecule has 0 aliphatic carbocycles. The highest BCUT2D eigenvalue weighted by Gasteiger charge is 2.65. The number of esters is 11. The maximum atomic E-state index is 14.1. The summed E-state index contributed by atoms with van der Waals surface area (Å²) in [6, 6.07) is 17.7. The minimum atomic E-state index is -2.84. The van der Waals surface area contributed by atoms with Crippen molar-refractivity contribution in [2.24, 2.45) is 0 Å². The van der Waals surface area contributed by atoms with E-state index in [9.17, 15) is 52.7 Å². The molecule has 0 unspecified atom stereocenters. The first-order chi connectivity index (χ1) is 37.9. The van der Waals surface area contributed by atoms with Crippen LogP contribution in [-0.4, -0.2) is 140 Å². The Morgan fingerprint density at radius 1 is 0.412 bits per heavy atom. The van der Waals surface area contributed by atoms with Crippen LogP contribution in [0.1, 0.15) is 72.1 Å². The van der Waals surface area contributed by atoms with Gasteiger partial charge in [0, 0.05) is 73.6 Å². The summed E-state index contributed by atoms with van der Waals surface area (Å²) in [5.41, 5.74) is 1.24. The fourth-order valence-electron chi connectivity index (χ4n) is 7.70. The van der Waals surface area contributed by atoms with Crippen molar-refractivity contribution in [3.05, 3.63) is 108 Å². The van der Waals surface area contributed by atoms with Gasteiger partial charge in [0.25, 0.3) is 0 Å². The highest BCUT2D eigenvalue weighted by atomic mass is 16.8. The fraction of sp³-hybridized carbons (Fsp3) is 0.364. The average molecular weight is 1120 g/mol. The van der Waals surface area contributed by atoms with Gasteiger partial charge in [-0.1, -0.05) is 36.4 Å². The van der Waals surface area contributed by atoms with E-state index in [4.69, 9.17) is 66.3 Å². The first-order valence-electron chi connectivity index (χ1n) is 24.2. The van der Waals surface area contributed by atoms with Crippen LogP contribution in [0, 0.1) is 0 Å². The predicted octanol–water partition coefficient (Wildman–Crippen LogP) is 4.03. The van der Waals surface area contributed by atoms with Gasteiger partial charge in [-0.2, -0.15) is 0 Å². The molecule has 2 aliphatic rings. The van der Waals surface area contributed by atoms with Gasteiger partial charge in [-0.05, 0) is 71.3 Å². The van der Waals surface area contributed by atoms with Crippen molar-refractivity contribution in [2.45, 2.75) is 110 Å². The topological polar surface area (TPSA) is 317 Å². The third kappa shape index (κ3) is 19.4. The second-order valence-electron chi connectivity index (χ2n) is 17.3. The monoisotopic (exact) mass is 1120 g/mol. The first-order valence-corrected chi connectivity index (χ1v) is 24.2. The lowest BCUT2D eigenvalue weighted by molar-refractivity contribution is -0.384. The zero-order valence-corrected chi connectivity index (χ0v) is 44.3. The normalized spacial score (nSPS) is 22.3. The van der Waals surface area contributed by atoms with Crippen molar-refractivity contribution < 1.29 is 119 Å². The molecule has 0 bridgehead atoms. The van der Waals surface area contributed by atoms with E-state index in [0.29, 0.717) is 16.7 Å². The van der Waals surface area contributed by atoms with Gasteiger partial charge < -0.3 is 66.3 Å². The molecule has 5 rings (SSSR count). The molecule has 3 aromatic carbocycles. The van der Waals surface area contributed by atoms with Crippen molar-refractivity contribution in [3.8, 4) is 17.2 Å². The van der Waals surface area contributed by atoms with Gasteiger partial charge >= 0.3 is 65.7 Å². The minimum absolute atomic E-state index is 0.187. The van der Waals surface area contributed by atoms with Gasteiger partial charge in [0.15, 0.2) is 30.5 Å². The van der Waals surface area contributed by atoms with Crippen LogP contribution in [0.5, 0.6) is 17.2 Å². The van der Waals surface area contributed by atoms with Crippen molar-refractivity contribution in [2.75, 3.05) is 19.8 Å². The van der Waals surface area contributed by atoms with E-state index in [-0.39, 0.29) is 17.2 Å². The van der Waals surface area contributed by atoms with E-state index < -0.39 is 140 Å². The molecule has 0 spiro atoms. The van der Waals surface area contributed by atoms with Gasteiger partial charge in [-0.25, -0.2) is 14.4 Å². The summed E-state index contributed by atoms with van der Waals surface area (Å²) >= 11 is 0. The molecule has 3 aromatic rings. The first kappa shape index (κ1) is 61.8. The number of ether oxygens (including phenoxy) is 14. The average Bonchev–Trinajstić information content (AvgIpc) is 3.69. The van der Waals surface area contributed by atoms with Crippen LogP contribution in [0.4, 0.5) is 0 Å². The van der Waals surface area contributed by atoms with Crippen molar-refractivity contribution >= 4 is 83.9 Å². The second kappa shape index (κ2) is 29.1. The van der Waals surface area contributed by atoms with E-state index in [0.717, 1.165) is 52.8 Å². The highest BCUT2D eigenvalue weighted by molar-refractivity contribution is 5.88. The minimum Gasteiger partial charge on any atom is -0.463 e. The smallest absolute Gasteiger partial charge is 0.331 e. The third-order valence-corrected chi connectivity index (χ3v) is 10.7. The molecule has 2 saturated heterocycles. The van der Waals surface area contributed by atoms with Crippen LogP contribution in [0.15, 0.2) is 91.0 Å². The zero-order chi connectivity index (χ0) is 58.7. The second-order valence-corrected chi connectivity index (χ2v) is 17.3. The molecule has 9 atom stereocenters. The van der Waals surface area contributed by atoms with Crippen molar-refractivity contribution in [1.29, 1.82) is 0 Å². The Bertz CT molecular complexity index is 2850. The molecular formula is C55H56O25. The lowest BCUT2D eigenvalue weighted by Gasteiger charge is -2.46. The summed E-state index contributed by atoms with van der Waals surface area (Å²) in [5, 5.41) is 0. The maximum Gasteiger partial charge on any atom is 0.331 e. The van der Waals surface area contributed by atoms with Crippen LogP contribution in [0.25, 0.3) is 18.2 Å². The summed E-state index contributed by atoms with van der Waals surface area (Å²) in [4.78, 5) is 139. The molecule has 0 saturated carbocycles. The Kier molecular flexibility index (Phi) is 22.4. The summed E-state index contributed by atoms with van der Waals surface area (Å²) in [6.07, 6.45) is -8.25. The lowest BCUT2D eigenvalue weighted by atomic mass is 9.97. The van der Waals surface area contributed by atoms with Gasteiger partial charge in [0.1, 0.15) is 49.3 Å². The molecule has 426 valence electrons. The standard InChI is InChI=1S/C55H56O25/c1-30(56)67-27-44-49(73-34(5)60)51(75-36(7)62)52(76-37(8)63)54(77-44)80-55(29-69-47(65)25-16-39-11-20-42(21-12-39)71-32(3)58)53(78-48(66)26-17-40-13-22-43(23-14-40)72-33(4)59)50(74-35(6)61)45(79-55)28-68-46(64)24-15-38-9-18-41(19-10-38)70-31(2)57/h9-26,44-45,49-54H,27-29H2,1-8H3/t44-,45-,49+,50-,51+,52-,53+,54-,55+/m1/s1. The van der Waals surface area contributed by atoms with Crippen LogP contribution in [0.3, 0.4) is 0 Å². The molecule has 25 heteroatoms. The van der Waals surface area contributed by atoms with Gasteiger partial charge in [0.05, 0.1) is 0 Å². The molecule has 2 fully saturated rings. The summed E-state index contributed by atoms with van der Waals surface area (Å²) in [6.45, 7) is 5.81. The largest absolute Gasteiger partial charge is 0.463 e. The molecule has 80 heavy (non-hydrogen) atoms.